The van der Waals surface area contributed by atoms with Crippen LogP contribution in [0.3, 0.4) is 0 Å². The molecule has 0 spiro atoms. The highest BCUT2D eigenvalue weighted by Gasteiger charge is 2.26. The van der Waals surface area contributed by atoms with Gasteiger partial charge in [0.05, 0.1) is 22.1 Å². The summed E-state index contributed by atoms with van der Waals surface area (Å²) in [5, 5.41) is 2.36. The molecule has 3 heterocycles. The van der Waals surface area contributed by atoms with Crippen LogP contribution in [-0.2, 0) is 12.8 Å². The zero-order valence-corrected chi connectivity index (χ0v) is 18.9. The minimum absolute atomic E-state index is 0.964. The number of imidazole rings is 1. The zero-order valence-electron chi connectivity index (χ0n) is 18.9. The van der Waals surface area contributed by atoms with Crippen LogP contribution in [0.1, 0.15) is 22.3 Å². The normalized spacial score (nSPS) is 13.5. The van der Waals surface area contributed by atoms with Crippen molar-refractivity contribution < 1.29 is 0 Å². The summed E-state index contributed by atoms with van der Waals surface area (Å²) in [6.07, 6.45) is 3.88. The fourth-order valence-corrected chi connectivity index (χ4v) is 6.49. The van der Waals surface area contributed by atoms with E-state index in [9.17, 15) is 0 Å². The van der Waals surface area contributed by atoms with Crippen LogP contribution in [0.5, 0.6) is 0 Å². The van der Waals surface area contributed by atoms with Crippen molar-refractivity contribution in [1.82, 2.24) is 14.4 Å². The first-order chi connectivity index (χ1) is 17.3. The second-order valence-corrected chi connectivity index (χ2v) is 9.86. The van der Waals surface area contributed by atoms with Crippen molar-refractivity contribution >= 4 is 38.5 Å². The maximum atomic E-state index is 5.10. The van der Waals surface area contributed by atoms with Crippen molar-refractivity contribution in [2.45, 2.75) is 12.8 Å². The molecule has 0 radical (unpaired) electrons. The first-order valence-electron chi connectivity index (χ1n) is 12.2. The Labute approximate surface area is 201 Å². The lowest BCUT2D eigenvalue weighted by molar-refractivity contribution is 1.24. The third-order valence-corrected chi connectivity index (χ3v) is 8.02. The highest BCUT2D eigenvalue weighted by Crippen LogP contribution is 2.46. The van der Waals surface area contributed by atoms with Gasteiger partial charge < -0.3 is 0 Å². The number of hydrogen-bond donors (Lipinski definition) is 0. The fourth-order valence-electron chi connectivity index (χ4n) is 6.49. The van der Waals surface area contributed by atoms with Crippen molar-refractivity contribution in [3.8, 4) is 22.3 Å². The van der Waals surface area contributed by atoms with Gasteiger partial charge in [0, 0.05) is 17.0 Å². The number of fused-ring (bicyclic) bond motifs is 14. The Hall–Kier alpha value is -4.50. The number of aromatic nitrogens is 3. The van der Waals surface area contributed by atoms with Crippen molar-refractivity contribution in [3.05, 3.63) is 113 Å². The van der Waals surface area contributed by atoms with Crippen molar-refractivity contribution in [3.63, 3.8) is 0 Å². The summed E-state index contributed by atoms with van der Waals surface area (Å²) in [6, 6.07) is 31.0. The summed E-state index contributed by atoms with van der Waals surface area (Å²) in [5.41, 5.74) is 16.5. The van der Waals surface area contributed by atoms with E-state index in [0.29, 0.717) is 0 Å². The van der Waals surface area contributed by atoms with E-state index < -0.39 is 0 Å². The molecule has 0 amide bonds. The smallest absolute Gasteiger partial charge is 0.146 e. The summed E-state index contributed by atoms with van der Waals surface area (Å²) in [4.78, 5) is 9.94. The molecule has 0 saturated heterocycles. The lowest BCUT2D eigenvalue weighted by atomic mass is 9.97. The average molecular weight is 446 g/mol. The van der Waals surface area contributed by atoms with Crippen LogP contribution in [0.4, 0.5) is 0 Å². The van der Waals surface area contributed by atoms with E-state index in [0.717, 1.165) is 40.6 Å². The van der Waals surface area contributed by atoms with Gasteiger partial charge in [0.15, 0.2) is 0 Å². The number of rotatable bonds is 0. The van der Waals surface area contributed by atoms with E-state index in [-0.39, 0.29) is 0 Å². The van der Waals surface area contributed by atoms with Crippen LogP contribution in [0.25, 0.3) is 60.7 Å². The minimum Gasteiger partial charge on any atom is -0.290 e. The SMILES string of the molecule is c1ccc2c(c1)Cc1cc3c(cc1-2)Cc1cc2c(cc1-3)c1nc3ccccc3n1c1cccnc21. The average Bonchev–Trinajstić information content (AvgIpc) is 3.57. The largest absolute Gasteiger partial charge is 0.290 e. The van der Waals surface area contributed by atoms with Gasteiger partial charge in [0.2, 0.25) is 0 Å². The molecular formula is C32H19N3. The maximum absolute atomic E-state index is 5.10. The fraction of sp³-hybridized carbons (Fsp3) is 0.0625. The molecule has 0 bridgehead atoms. The Morgan fingerprint density at radius 3 is 2.23 bits per heavy atom. The van der Waals surface area contributed by atoms with Gasteiger partial charge in [-0.2, -0.15) is 0 Å². The summed E-state index contributed by atoms with van der Waals surface area (Å²) in [7, 11) is 0. The highest BCUT2D eigenvalue weighted by molar-refractivity contribution is 6.14. The molecule has 2 aliphatic carbocycles. The van der Waals surface area contributed by atoms with E-state index in [2.05, 4.69) is 83.3 Å². The van der Waals surface area contributed by atoms with Crippen molar-refractivity contribution in [2.75, 3.05) is 0 Å². The van der Waals surface area contributed by atoms with E-state index in [1.807, 2.05) is 12.3 Å². The predicted octanol–water partition coefficient (Wildman–Crippen LogP) is 7.33. The Balaban J connectivity index is 1.37. The molecular weight excluding hydrogens is 426 g/mol. The van der Waals surface area contributed by atoms with Crippen molar-refractivity contribution in [1.29, 1.82) is 0 Å². The minimum atomic E-state index is 0.964. The number of para-hydroxylation sites is 2. The topological polar surface area (TPSA) is 30.2 Å². The Morgan fingerprint density at radius 1 is 0.571 bits per heavy atom. The van der Waals surface area contributed by atoms with Crippen LogP contribution in [0.15, 0.2) is 91.1 Å². The van der Waals surface area contributed by atoms with E-state index in [4.69, 9.17) is 9.97 Å². The molecule has 7 aromatic rings. The molecule has 0 atom stereocenters. The van der Waals surface area contributed by atoms with Gasteiger partial charge >= 0.3 is 0 Å². The van der Waals surface area contributed by atoms with Crippen LogP contribution in [0.2, 0.25) is 0 Å². The van der Waals surface area contributed by atoms with Crippen LogP contribution < -0.4 is 0 Å². The molecule has 3 aromatic heterocycles. The van der Waals surface area contributed by atoms with Gasteiger partial charge in [-0.15, -0.1) is 0 Å². The summed E-state index contributed by atoms with van der Waals surface area (Å²) >= 11 is 0. The second kappa shape index (κ2) is 6.13. The maximum Gasteiger partial charge on any atom is 0.146 e. The number of benzene rings is 4. The quantitative estimate of drug-likeness (QED) is 0.229. The molecule has 0 aliphatic heterocycles. The first-order valence-corrected chi connectivity index (χ1v) is 12.2. The molecule has 3 heteroatoms. The highest BCUT2D eigenvalue weighted by atomic mass is 15.0. The molecule has 162 valence electrons. The molecule has 9 rings (SSSR count). The van der Waals surface area contributed by atoms with Gasteiger partial charge in [-0.25, -0.2) is 4.98 Å². The van der Waals surface area contributed by atoms with Crippen LogP contribution >= 0.6 is 0 Å². The van der Waals surface area contributed by atoms with Gasteiger partial charge in [-0.3, -0.25) is 9.38 Å². The molecule has 2 aliphatic rings. The predicted molar refractivity (Wildman–Crippen MR) is 142 cm³/mol. The van der Waals surface area contributed by atoms with Crippen LogP contribution in [-0.4, -0.2) is 14.4 Å². The standard InChI is InChI=1S/C32H19N3/c1-2-7-22-18(6-1)12-19-15-24-20(14-23(19)22)13-21-16-26-27(17-25(21)24)32-34-28-8-3-4-9-29(28)35(32)30-10-5-11-33-31(26)30/h1-11,14-17H,12-13H2. The number of hydrogen-bond acceptors (Lipinski definition) is 2. The van der Waals surface area contributed by atoms with Crippen LogP contribution in [0, 0.1) is 0 Å². The van der Waals surface area contributed by atoms with Gasteiger partial charge in [0.1, 0.15) is 5.65 Å². The third-order valence-electron chi connectivity index (χ3n) is 8.02. The Bertz CT molecular complexity index is 2060. The summed E-state index contributed by atoms with van der Waals surface area (Å²) < 4.78 is 2.28. The molecule has 0 fully saturated rings. The zero-order chi connectivity index (χ0) is 22.7. The molecule has 0 saturated carbocycles. The lowest BCUT2D eigenvalue weighted by Crippen LogP contribution is -1.94. The lowest BCUT2D eigenvalue weighted by Gasteiger charge is -2.11. The summed E-state index contributed by atoms with van der Waals surface area (Å²) in [5.74, 6) is 0. The monoisotopic (exact) mass is 445 g/mol. The van der Waals surface area contributed by atoms with E-state index in [1.165, 1.54) is 55.3 Å². The first kappa shape index (κ1) is 17.9. The van der Waals surface area contributed by atoms with Gasteiger partial charge in [0.25, 0.3) is 0 Å². The Kier molecular flexibility index (Phi) is 3.14. The molecule has 0 unspecified atom stereocenters. The molecule has 0 N–H and O–H groups in total. The van der Waals surface area contributed by atoms with Gasteiger partial charge in [-0.1, -0.05) is 36.4 Å². The second-order valence-electron chi connectivity index (χ2n) is 9.86. The molecule has 35 heavy (non-hydrogen) atoms. The third kappa shape index (κ3) is 2.21. The Morgan fingerprint density at radius 2 is 1.29 bits per heavy atom. The van der Waals surface area contributed by atoms with E-state index in [1.54, 1.807) is 0 Å². The molecule has 3 nitrogen and oxygen atoms in total. The molecule has 4 aromatic carbocycles. The number of pyridine rings is 2. The summed E-state index contributed by atoms with van der Waals surface area (Å²) in [6.45, 7) is 0. The van der Waals surface area contributed by atoms with Gasteiger partial charge in [-0.05, 0) is 106 Å². The van der Waals surface area contributed by atoms with E-state index >= 15 is 0 Å². The number of nitrogens with zero attached hydrogens (tertiary/aromatic N) is 3. The van der Waals surface area contributed by atoms with Crippen molar-refractivity contribution in [2.24, 2.45) is 0 Å².